The van der Waals surface area contributed by atoms with Crippen molar-refractivity contribution < 1.29 is 9.18 Å². The molecule has 0 bridgehead atoms. The Balaban J connectivity index is 1.14. The van der Waals surface area contributed by atoms with E-state index in [4.69, 9.17) is 0 Å². The van der Waals surface area contributed by atoms with Crippen LogP contribution in [0.5, 0.6) is 0 Å². The number of anilines is 2. The standard InChI is InChI=1S/C24H33FN6O/c1-19-9-11-27-24(28-19)31-13-2-4-20(18-31)23(32)26-10-3-12-29-14-16-30(17-15-29)22-7-5-21(25)6-8-22/h5-9,11,20H,2-4,10,12-18H2,1H3,(H,26,32)/t20-/m1/s1. The number of amides is 1. The monoisotopic (exact) mass is 440 g/mol. The predicted molar refractivity (Wildman–Crippen MR) is 124 cm³/mol. The number of hydrogen-bond acceptors (Lipinski definition) is 6. The van der Waals surface area contributed by atoms with Crippen molar-refractivity contribution in [1.29, 1.82) is 0 Å². The summed E-state index contributed by atoms with van der Waals surface area (Å²) in [6.07, 6.45) is 4.62. The van der Waals surface area contributed by atoms with Gasteiger partial charge in [0.25, 0.3) is 0 Å². The van der Waals surface area contributed by atoms with Gasteiger partial charge in [-0.25, -0.2) is 14.4 Å². The SMILES string of the molecule is Cc1ccnc(N2CCC[C@@H](C(=O)NCCCN3CCN(c4ccc(F)cc4)CC3)C2)n1. The lowest BCUT2D eigenvalue weighted by Gasteiger charge is -2.36. The average molecular weight is 441 g/mol. The second-order valence-corrected chi connectivity index (χ2v) is 8.73. The molecular weight excluding hydrogens is 407 g/mol. The van der Waals surface area contributed by atoms with E-state index >= 15 is 0 Å². The molecule has 1 aromatic heterocycles. The molecular formula is C24H33FN6O. The fraction of sp³-hybridized carbons (Fsp3) is 0.542. The lowest BCUT2D eigenvalue weighted by molar-refractivity contribution is -0.125. The van der Waals surface area contributed by atoms with Crippen molar-refractivity contribution >= 4 is 17.5 Å². The third-order valence-corrected chi connectivity index (χ3v) is 6.37. The third kappa shape index (κ3) is 5.94. The highest BCUT2D eigenvalue weighted by Crippen LogP contribution is 2.21. The number of halogens is 1. The zero-order valence-electron chi connectivity index (χ0n) is 18.8. The van der Waals surface area contributed by atoms with Gasteiger partial charge in [-0.2, -0.15) is 0 Å². The number of nitrogens with one attached hydrogen (secondary N) is 1. The van der Waals surface area contributed by atoms with Crippen LogP contribution in [-0.4, -0.2) is 73.1 Å². The van der Waals surface area contributed by atoms with Crippen molar-refractivity contribution in [3.8, 4) is 0 Å². The molecule has 172 valence electrons. The summed E-state index contributed by atoms with van der Waals surface area (Å²) in [6.45, 7) is 9.08. The zero-order valence-corrected chi connectivity index (χ0v) is 18.8. The number of piperazine rings is 1. The molecule has 0 aliphatic carbocycles. The first-order valence-corrected chi connectivity index (χ1v) is 11.6. The Labute approximate surface area is 189 Å². The third-order valence-electron chi connectivity index (χ3n) is 6.37. The number of carbonyl (C=O) groups is 1. The first-order chi connectivity index (χ1) is 15.6. The van der Waals surface area contributed by atoms with Gasteiger partial charge in [0.2, 0.25) is 11.9 Å². The number of nitrogens with zero attached hydrogens (tertiary/aromatic N) is 5. The molecule has 32 heavy (non-hydrogen) atoms. The molecule has 2 aliphatic heterocycles. The van der Waals surface area contributed by atoms with Gasteiger partial charge in [-0.15, -0.1) is 0 Å². The van der Waals surface area contributed by atoms with Crippen LogP contribution in [0, 0.1) is 18.7 Å². The van der Waals surface area contributed by atoms with Gasteiger partial charge in [-0.05, 0) is 63.1 Å². The summed E-state index contributed by atoms with van der Waals surface area (Å²) in [5, 5.41) is 3.14. The molecule has 1 amide bonds. The zero-order chi connectivity index (χ0) is 22.3. The maximum atomic E-state index is 13.1. The second-order valence-electron chi connectivity index (χ2n) is 8.73. The summed E-state index contributed by atoms with van der Waals surface area (Å²) < 4.78 is 13.1. The summed E-state index contributed by atoms with van der Waals surface area (Å²) in [7, 11) is 0. The number of piperidine rings is 1. The van der Waals surface area contributed by atoms with Gasteiger partial charge in [0.05, 0.1) is 5.92 Å². The van der Waals surface area contributed by atoms with E-state index in [1.165, 1.54) is 12.1 Å². The number of rotatable bonds is 7. The van der Waals surface area contributed by atoms with Crippen LogP contribution in [0.15, 0.2) is 36.5 Å². The van der Waals surface area contributed by atoms with E-state index in [1.807, 2.05) is 25.1 Å². The molecule has 2 aliphatic rings. The normalized spacial score (nSPS) is 19.8. The van der Waals surface area contributed by atoms with Crippen LogP contribution in [-0.2, 0) is 4.79 Å². The molecule has 2 fully saturated rings. The van der Waals surface area contributed by atoms with Crippen molar-refractivity contribution in [3.63, 3.8) is 0 Å². The highest BCUT2D eigenvalue weighted by molar-refractivity contribution is 5.79. The highest BCUT2D eigenvalue weighted by Gasteiger charge is 2.27. The van der Waals surface area contributed by atoms with E-state index in [2.05, 4.69) is 30.0 Å². The Morgan fingerprint density at radius 2 is 1.88 bits per heavy atom. The minimum absolute atomic E-state index is 0.00730. The Bertz CT molecular complexity index is 884. The summed E-state index contributed by atoms with van der Waals surface area (Å²) in [5.74, 6) is 0.664. The minimum Gasteiger partial charge on any atom is -0.369 e. The fourth-order valence-corrected chi connectivity index (χ4v) is 4.50. The van der Waals surface area contributed by atoms with Crippen molar-refractivity contribution in [2.45, 2.75) is 26.2 Å². The number of aryl methyl sites for hydroxylation is 1. The van der Waals surface area contributed by atoms with E-state index in [1.54, 1.807) is 6.20 Å². The van der Waals surface area contributed by atoms with Crippen LogP contribution in [0.4, 0.5) is 16.0 Å². The Kier molecular flexibility index (Phi) is 7.52. The number of benzene rings is 1. The van der Waals surface area contributed by atoms with Gasteiger partial charge in [0.1, 0.15) is 5.82 Å². The van der Waals surface area contributed by atoms with E-state index < -0.39 is 0 Å². The predicted octanol–water partition coefficient (Wildman–Crippen LogP) is 2.47. The smallest absolute Gasteiger partial charge is 0.225 e. The van der Waals surface area contributed by atoms with E-state index in [0.717, 1.165) is 75.9 Å². The van der Waals surface area contributed by atoms with Gasteiger partial charge in [-0.3, -0.25) is 9.69 Å². The van der Waals surface area contributed by atoms with Gasteiger partial charge in [-0.1, -0.05) is 0 Å². The Morgan fingerprint density at radius 3 is 2.62 bits per heavy atom. The molecule has 0 unspecified atom stereocenters. The summed E-state index contributed by atoms with van der Waals surface area (Å²) in [4.78, 5) is 28.4. The molecule has 0 spiro atoms. The second kappa shape index (κ2) is 10.7. The fourth-order valence-electron chi connectivity index (χ4n) is 4.50. The Hall–Kier alpha value is -2.74. The van der Waals surface area contributed by atoms with Crippen LogP contribution < -0.4 is 15.1 Å². The van der Waals surface area contributed by atoms with Crippen LogP contribution >= 0.6 is 0 Å². The number of hydrogen-bond donors (Lipinski definition) is 1. The molecule has 0 radical (unpaired) electrons. The van der Waals surface area contributed by atoms with Crippen molar-refractivity contribution in [2.24, 2.45) is 5.92 Å². The van der Waals surface area contributed by atoms with Crippen LogP contribution in [0.3, 0.4) is 0 Å². The Morgan fingerprint density at radius 1 is 1.09 bits per heavy atom. The minimum atomic E-state index is -0.195. The molecule has 0 saturated carbocycles. The topological polar surface area (TPSA) is 64.6 Å². The maximum Gasteiger partial charge on any atom is 0.225 e. The first-order valence-electron chi connectivity index (χ1n) is 11.6. The highest BCUT2D eigenvalue weighted by atomic mass is 19.1. The number of carbonyl (C=O) groups excluding carboxylic acids is 1. The molecule has 8 heteroatoms. The molecule has 2 saturated heterocycles. The lowest BCUT2D eigenvalue weighted by atomic mass is 9.97. The van der Waals surface area contributed by atoms with Crippen LogP contribution in [0.25, 0.3) is 0 Å². The van der Waals surface area contributed by atoms with Crippen molar-refractivity contribution in [2.75, 3.05) is 62.2 Å². The quantitative estimate of drug-likeness (QED) is 0.668. The lowest BCUT2D eigenvalue weighted by Crippen LogP contribution is -2.47. The van der Waals surface area contributed by atoms with Gasteiger partial charge >= 0.3 is 0 Å². The van der Waals surface area contributed by atoms with Gasteiger partial charge in [0, 0.05) is 63.4 Å². The molecule has 1 aromatic carbocycles. The molecule has 3 heterocycles. The molecule has 2 aromatic rings. The molecule has 1 atom stereocenters. The largest absolute Gasteiger partial charge is 0.369 e. The number of aromatic nitrogens is 2. The molecule has 4 rings (SSSR count). The summed E-state index contributed by atoms with van der Waals surface area (Å²) in [5.41, 5.74) is 2.02. The summed E-state index contributed by atoms with van der Waals surface area (Å²) in [6, 6.07) is 8.62. The van der Waals surface area contributed by atoms with Crippen LogP contribution in [0.1, 0.15) is 25.0 Å². The van der Waals surface area contributed by atoms with E-state index in [-0.39, 0.29) is 17.6 Å². The maximum absolute atomic E-state index is 13.1. The van der Waals surface area contributed by atoms with Gasteiger partial charge < -0.3 is 15.1 Å². The van der Waals surface area contributed by atoms with Crippen LogP contribution in [0.2, 0.25) is 0 Å². The average Bonchev–Trinajstić information content (AvgIpc) is 2.83. The van der Waals surface area contributed by atoms with E-state index in [9.17, 15) is 9.18 Å². The molecule has 1 N–H and O–H groups in total. The van der Waals surface area contributed by atoms with E-state index in [0.29, 0.717) is 13.1 Å². The van der Waals surface area contributed by atoms with Crippen molar-refractivity contribution in [3.05, 3.63) is 48.0 Å². The first kappa shape index (κ1) is 22.5. The summed E-state index contributed by atoms with van der Waals surface area (Å²) >= 11 is 0. The van der Waals surface area contributed by atoms with Gasteiger partial charge in [0.15, 0.2) is 0 Å². The van der Waals surface area contributed by atoms with Crippen molar-refractivity contribution in [1.82, 2.24) is 20.2 Å². The molecule has 7 nitrogen and oxygen atoms in total.